The first-order chi connectivity index (χ1) is 20.9. The minimum Gasteiger partial charge on any atom is -0.493 e. The first-order valence-corrected chi connectivity index (χ1v) is 15.7. The number of rotatable bonds is 3. The molecule has 0 saturated carbocycles. The van der Waals surface area contributed by atoms with Crippen LogP contribution in [0.4, 0.5) is 4.79 Å². The Balaban J connectivity index is 1.24. The largest absolute Gasteiger partial charge is 0.493 e. The lowest BCUT2D eigenvalue weighted by molar-refractivity contribution is -0.130. The number of piperazine rings is 1. The van der Waals surface area contributed by atoms with Crippen LogP contribution in [0.1, 0.15) is 54.6 Å². The third kappa shape index (κ3) is 6.65. The van der Waals surface area contributed by atoms with E-state index < -0.39 is 12.1 Å². The van der Waals surface area contributed by atoms with E-state index in [0.29, 0.717) is 50.0 Å². The Bertz CT molecular complexity index is 1310. The lowest BCUT2D eigenvalue weighted by Crippen LogP contribution is -2.63. The monoisotopic (exact) mass is 589 g/mol. The number of ether oxygens (including phenoxy) is 2. The molecule has 3 aliphatic heterocycles. The summed E-state index contributed by atoms with van der Waals surface area (Å²) in [7, 11) is 0. The molecule has 0 radical (unpaired) electrons. The van der Waals surface area contributed by atoms with Crippen molar-refractivity contribution in [2.24, 2.45) is 0 Å². The Hall–Kier alpha value is -3.63. The van der Waals surface area contributed by atoms with Gasteiger partial charge in [-0.25, -0.2) is 4.79 Å². The molecule has 3 heterocycles. The summed E-state index contributed by atoms with van der Waals surface area (Å²) >= 11 is 0. The van der Waals surface area contributed by atoms with Crippen molar-refractivity contribution in [2.45, 2.75) is 82.3 Å². The first kappa shape index (κ1) is 29.4. The third-order valence-electron chi connectivity index (χ3n) is 9.17. The van der Waals surface area contributed by atoms with Gasteiger partial charge in [0.05, 0.1) is 30.4 Å². The van der Waals surface area contributed by atoms with Crippen LogP contribution in [0.25, 0.3) is 0 Å². The van der Waals surface area contributed by atoms with Gasteiger partial charge in [0.2, 0.25) is 5.91 Å². The summed E-state index contributed by atoms with van der Waals surface area (Å²) in [6, 6.07) is 15.0. The number of nitrogens with zero attached hydrogens (tertiary/aromatic N) is 2. The number of hydrogen-bond acceptors (Lipinski definition) is 6. The van der Waals surface area contributed by atoms with Gasteiger partial charge in [0.25, 0.3) is 5.91 Å². The molecular formula is C33H43N5O5. The summed E-state index contributed by atoms with van der Waals surface area (Å²) < 4.78 is 12.6. The second-order valence-electron chi connectivity index (χ2n) is 12.5. The summed E-state index contributed by atoms with van der Waals surface area (Å²) in [6.07, 6.45) is 3.54. The zero-order valence-electron chi connectivity index (χ0n) is 25.1. The van der Waals surface area contributed by atoms with Crippen LogP contribution in [-0.4, -0.2) is 96.8 Å². The lowest BCUT2D eigenvalue weighted by Gasteiger charge is -2.43. The molecule has 2 bridgehead atoms. The minimum absolute atomic E-state index is 0.00593. The summed E-state index contributed by atoms with van der Waals surface area (Å²) in [5, 5.41) is 9.06. The second-order valence-corrected chi connectivity index (χ2v) is 12.5. The zero-order valence-corrected chi connectivity index (χ0v) is 25.1. The van der Waals surface area contributed by atoms with Gasteiger partial charge < -0.3 is 30.3 Å². The molecule has 4 amide bonds. The molecule has 2 saturated heterocycles. The fourth-order valence-electron chi connectivity index (χ4n) is 6.94. The van der Waals surface area contributed by atoms with Crippen LogP contribution < -0.4 is 20.7 Å². The van der Waals surface area contributed by atoms with E-state index in [1.807, 2.05) is 32.0 Å². The number of para-hydroxylation sites is 1. The number of nitrogens with one attached hydrogen (secondary N) is 3. The molecular weight excluding hydrogens is 546 g/mol. The Morgan fingerprint density at radius 1 is 0.977 bits per heavy atom. The third-order valence-corrected chi connectivity index (χ3v) is 9.17. The maximum Gasteiger partial charge on any atom is 0.315 e. The van der Waals surface area contributed by atoms with Crippen molar-refractivity contribution in [1.29, 1.82) is 0 Å². The van der Waals surface area contributed by atoms with E-state index in [9.17, 15) is 14.4 Å². The highest BCUT2D eigenvalue weighted by Crippen LogP contribution is 2.30. The van der Waals surface area contributed by atoms with E-state index in [1.165, 1.54) is 11.1 Å². The fourth-order valence-corrected chi connectivity index (χ4v) is 6.94. The maximum absolute atomic E-state index is 14.0. The number of fused-ring (bicyclic) bond motifs is 5. The van der Waals surface area contributed by atoms with Gasteiger partial charge in [-0.1, -0.05) is 36.4 Å². The summed E-state index contributed by atoms with van der Waals surface area (Å²) in [4.78, 5) is 44.6. The molecule has 2 aromatic rings. The number of carbonyl (C=O) groups is 3. The Morgan fingerprint density at radius 2 is 1.72 bits per heavy atom. The quantitative estimate of drug-likeness (QED) is 0.508. The lowest BCUT2D eigenvalue weighted by atomic mass is 9.96. The highest BCUT2D eigenvalue weighted by molar-refractivity contribution is 6.00. The van der Waals surface area contributed by atoms with Crippen LogP contribution in [0.15, 0.2) is 48.5 Å². The van der Waals surface area contributed by atoms with Crippen molar-refractivity contribution in [3.05, 3.63) is 65.2 Å². The van der Waals surface area contributed by atoms with Crippen LogP contribution in [0.3, 0.4) is 0 Å². The molecule has 0 aromatic heterocycles. The standard InChI is InChI=1S/C33H43N5O5/c1-21(2)35-33(41)36-27-12-11-25-13-16-42-29-10-6-5-9-26(29)32(40)38-15-14-37(20-28(38)31(39)34-19-30(27)43-25)24-17-22-7-3-4-8-23(22)18-24/h3-10,21,24-25,27-28,30H,11-20H2,1-2H3,(H,34,39)(H2,35,36,41)/t25-,27+,28-,30+/m0/s1. The van der Waals surface area contributed by atoms with Gasteiger partial charge in [0, 0.05) is 44.7 Å². The van der Waals surface area contributed by atoms with Crippen molar-refractivity contribution in [3.63, 3.8) is 0 Å². The molecule has 2 aromatic carbocycles. The molecule has 10 heteroatoms. The smallest absolute Gasteiger partial charge is 0.315 e. The molecule has 43 heavy (non-hydrogen) atoms. The van der Waals surface area contributed by atoms with E-state index in [0.717, 1.165) is 25.7 Å². The van der Waals surface area contributed by atoms with Crippen LogP contribution in [0, 0.1) is 0 Å². The van der Waals surface area contributed by atoms with Gasteiger partial charge in [0.15, 0.2) is 0 Å². The van der Waals surface area contributed by atoms with Crippen LogP contribution in [0.5, 0.6) is 5.75 Å². The Morgan fingerprint density at radius 3 is 2.49 bits per heavy atom. The Kier molecular flexibility index (Phi) is 8.85. The Labute approximate surface area is 253 Å². The van der Waals surface area contributed by atoms with Gasteiger partial charge >= 0.3 is 6.03 Å². The molecule has 0 unspecified atom stereocenters. The number of benzene rings is 2. The molecule has 2 fully saturated rings. The van der Waals surface area contributed by atoms with E-state index in [2.05, 4.69) is 45.1 Å². The van der Waals surface area contributed by atoms with Gasteiger partial charge in [0.1, 0.15) is 11.8 Å². The first-order valence-electron chi connectivity index (χ1n) is 15.7. The van der Waals surface area contributed by atoms with Crippen molar-refractivity contribution in [2.75, 3.05) is 32.8 Å². The number of amides is 4. The summed E-state index contributed by atoms with van der Waals surface area (Å²) in [5.74, 6) is 0.123. The van der Waals surface area contributed by atoms with Crippen molar-refractivity contribution in [3.8, 4) is 5.75 Å². The van der Waals surface area contributed by atoms with E-state index in [4.69, 9.17) is 9.47 Å². The predicted molar refractivity (Wildman–Crippen MR) is 162 cm³/mol. The summed E-state index contributed by atoms with van der Waals surface area (Å²) in [6.45, 7) is 6.06. The summed E-state index contributed by atoms with van der Waals surface area (Å²) in [5.41, 5.74) is 3.19. The van der Waals surface area contributed by atoms with Gasteiger partial charge in [-0.15, -0.1) is 0 Å². The molecule has 6 rings (SSSR count). The fraction of sp³-hybridized carbons (Fsp3) is 0.545. The van der Waals surface area contributed by atoms with Crippen LogP contribution in [-0.2, 0) is 22.4 Å². The average Bonchev–Trinajstić information content (AvgIpc) is 3.44. The molecule has 4 atom stereocenters. The molecule has 230 valence electrons. The van der Waals surface area contributed by atoms with Crippen molar-refractivity contribution in [1.82, 2.24) is 25.8 Å². The average molecular weight is 590 g/mol. The van der Waals surface area contributed by atoms with Crippen LogP contribution >= 0.6 is 0 Å². The predicted octanol–water partition coefficient (Wildman–Crippen LogP) is 2.50. The van der Waals surface area contributed by atoms with Gasteiger partial charge in [-0.05, 0) is 62.8 Å². The number of urea groups is 1. The molecule has 4 aliphatic rings. The van der Waals surface area contributed by atoms with Gasteiger partial charge in [-0.2, -0.15) is 0 Å². The topological polar surface area (TPSA) is 112 Å². The molecule has 3 N–H and O–H groups in total. The van der Waals surface area contributed by atoms with Gasteiger partial charge in [-0.3, -0.25) is 14.5 Å². The van der Waals surface area contributed by atoms with Crippen molar-refractivity contribution >= 4 is 17.8 Å². The normalized spacial score (nSPS) is 26.8. The minimum atomic E-state index is -0.670. The highest BCUT2D eigenvalue weighted by atomic mass is 16.5. The van der Waals surface area contributed by atoms with E-state index in [1.54, 1.807) is 11.0 Å². The SMILES string of the molecule is CC(C)NC(=O)N[C@@H]1CC[C@H]2CCOc3ccccc3C(=O)N3CCN(C4Cc5ccccc5C4)C[C@H]3C(=O)NC[C@H]1O2. The number of carbonyl (C=O) groups excluding carboxylic acids is 3. The molecule has 0 spiro atoms. The maximum atomic E-state index is 14.0. The molecule has 10 nitrogen and oxygen atoms in total. The van der Waals surface area contributed by atoms with E-state index in [-0.39, 0.29) is 42.6 Å². The van der Waals surface area contributed by atoms with Crippen molar-refractivity contribution < 1.29 is 23.9 Å². The van der Waals surface area contributed by atoms with E-state index >= 15 is 0 Å². The zero-order chi connectivity index (χ0) is 29.9. The molecule has 1 aliphatic carbocycles. The second kappa shape index (κ2) is 12.9. The highest BCUT2D eigenvalue weighted by Gasteiger charge is 2.41. The van der Waals surface area contributed by atoms with Crippen LogP contribution in [0.2, 0.25) is 0 Å². The number of hydrogen-bond donors (Lipinski definition) is 3.